The summed E-state index contributed by atoms with van der Waals surface area (Å²) in [7, 11) is 1.53. The van der Waals surface area contributed by atoms with Crippen LogP contribution in [0.5, 0.6) is 0 Å². The molecule has 0 spiro atoms. The Morgan fingerprint density at radius 2 is 2.19 bits per heavy atom. The molecular weight excluding hydrogens is 210 g/mol. The first-order valence-corrected chi connectivity index (χ1v) is 4.74. The Morgan fingerprint density at radius 1 is 1.50 bits per heavy atom. The summed E-state index contributed by atoms with van der Waals surface area (Å²) in [5.41, 5.74) is 1.19. The number of nitrogens with zero attached hydrogens (tertiary/aromatic N) is 1. The van der Waals surface area contributed by atoms with Gasteiger partial charge in [0.15, 0.2) is 0 Å². The van der Waals surface area contributed by atoms with Gasteiger partial charge in [0.25, 0.3) is 5.69 Å². The number of hydrogen-bond donors (Lipinski definition) is 2. The Hall–Kier alpha value is -2.11. The second-order valence-corrected chi connectivity index (χ2v) is 3.29. The van der Waals surface area contributed by atoms with E-state index in [1.165, 1.54) is 13.1 Å². The van der Waals surface area contributed by atoms with Crippen LogP contribution >= 0.6 is 0 Å². The Balaban J connectivity index is 2.79. The van der Waals surface area contributed by atoms with E-state index < -0.39 is 4.92 Å². The Labute approximate surface area is 92.8 Å². The van der Waals surface area contributed by atoms with Gasteiger partial charge in [-0.15, -0.1) is 0 Å². The molecule has 0 aromatic heterocycles. The number of rotatable bonds is 4. The molecule has 0 radical (unpaired) electrons. The van der Waals surface area contributed by atoms with E-state index >= 15 is 0 Å². The van der Waals surface area contributed by atoms with E-state index in [0.29, 0.717) is 11.3 Å². The van der Waals surface area contributed by atoms with Crippen LogP contribution in [-0.2, 0) is 4.79 Å². The largest absolute Gasteiger partial charge is 0.376 e. The lowest BCUT2D eigenvalue weighted by molar-refractivity contribution is -0.385. The number of likely N-dealkylation sites (N-methyl/N-ethyl adjacent to an activating group) is 1. The molecule has 0 unspecified atom stereocenters. The molecule has 16 heavy (non-hydrogen) atoms. The molecule has 6 nitrogen and oxygen atoms in total. The predicted molar refractivity (Wildman–Crippen MR) is 60.4 cm³/mol. The zero-order valence-electron chi connectivity index (χ0n) is 9.11. The summed E-state index contributed by atoms with van der Waals surface area (Å²) >= 11 is 0. The number of aryl methyl sites for hydroxylation is 1. The molecule has 1 rings (SSSR count). The summed E-state index contributed by atoms with van der Waals surface area (Å²) in [5, 5.41) is 15.9. The van der Waals surface area contributed by atoms with Crippen LogP contribution in [0.2, 0.25) is 0 Å². The predicted octanol–water partition coefficient (Wildman–Crippen LogP) is 1.06. The number of anilines is 1. The molecule has 2 N–H and O–H groups in total. The summed E-state index contributed by atoms with van der Waals surface area (Å²) in [5.74, 6) is -0.178. The van der Waals surface area contributed by atoms with Crippen molar-refractivity contribution in [2.24, 2.45) is 0 Å². The number of nitro groups is 1. The van der Waals surface area contributed by atoms with Crippen LogP contribution in [0.15, 0.2) is 18.2 Å². The second-order valence-electron chi connectivity index (χ2n) is 3.29. The molecular formula is C10H13N3O3. The van der Waals surface area contributed by atoms with Crippen LogP contribution in [-0.4, -0.2) is 24.4 Å². The van der Waals surface area contributed by atoms with Crippen molar-refractivity contribution in [3.05, 3.63) is 33.9 Å². The maximum absolute atomic E-state index is 11.0. The summed E-state index contributed by atoms with van der Waals surface area (Å²) in [6.45, 7) is 1.76. The number of hydrogen-bond acceptors (Lipinski definition) is 4. The van der Waals surface area contributed by atoms with Crippen molar-refractivity contribution >= 4 is 17.3 Å². The molecule has 0 atom stereocenters. The van der Waals surface area contributed by atoms with Crippen molar-refractivity contribution in [3.8, 4) is 0 Å². The van der Waals surface area contributed by atoms with Crippen LogP contribution in [0.3, 0.4) is 0 Å². The molecule has 6 heteroatoms. The molecule has 86 valence electrons. The molecule has 0 heterocycles. The highest BCUT2D eigenvalue weighted by molar-refractivity contribution is 5.80. The van der Waals surface area contributed by atoms with E-state index in [0.717, 1.165) is 0 Å². The third-order valence-corrected chi connectivity index (χ3v) is 2.14. The average molecular weight is 223 g/mol. The first kappa shape index (κ1) is 12.0. The van der Waals surface area contributed by atoms with Crippen LogP contribution in [0, 0.1) is 17.0 Å². The van der Waals surface area contributed by atoms with Gasteiger partial charge in [0.05, 0.1) is 11.5 Å². The molecule has 0 saturated carbocycles. The molecule has 0 aliphatic heterocycles. The van der Waals surface area contributed by atoms with E-state index in [9.17, 15) is 14.9 Å². The van der Waals surface area contributed by atoms with E-state index in [4.69, 9.17) is 0 Å². The van der Waals surface area contributed by atoms with Crippen molar-refractivity contribution in [1.82, 2.24) is 5.32 Å². The first-order chi connectivity index (χ1) is 7.54. The number of nitro benzene ring substituents is 1. The first-order valence-electron chi connectivity index (χ1n) is 4.74. The van der Waals surface area contributed by atoms with Gasteiger partial charge >= 0.3 is 0 Å². The molecule has 0 fully saturated rings. The molecule has 0 bridgehead atoms. The summed E-state index contributed by atoms with van der Waals surface area (Å²) < 4.78 is 0. The highest BCUT2D eigenvalue weighted by Gasteiger charge is 2.10. The van der Waals surface area contributed by atoms with E-state index in [-0.39, 0.29) is 18.1 Å². The quantitative estimate of drug-likeness (QED) is 0.590. The van der Waals surface area contributed by atoms with Gasteiger partial charge in [0.1, 0.15) is 0 Å². The average Bonchev–Trinajstić information content (AvgIpc) is 2.27. The lowest BCUT2D eigenvalue weighted by Gasteiger charge is -2.06. The van der Waals surface area contributed by atoms with Crippen LogP contribution in [0.25, 0.3) is 0 Å². The van der Waals surface area contributed by atoms with Gasteiger partial charge in [-0.05, 0) is 13.0 Å². The lowest BCUT2D eigenvalue weighted by Crippen LogP contribution is -2.26. The summed E-state index contributed by atoms with van der Waals surface area (Å²) in [4.78, 5) is 21.2. The molecule has 0 aliphatic rings. The fraction of sp³-hybridized carbons (Fsp3) is 0.300. The minimum Gasteiger partial charge on any atom is -0.376 e. The van der Waals surface area contributed by atoms with Gasteiger partial charge in [-0.1, -0.05) is 6.07 Å². The van der Waals surface area contributed by atoms with Crippen molar-refractivity contribution in [2.45, 2.75) is 6.92 Å². The normalized spacial score (nSPS) is 9.62. The number of nitrogens with one attached hydrogen (secondary N) is 2. The van der Waals surface area contributed by atoms with Crippen molar-refractivity contribution in [2.75, 3.05) is 18.9 Å². The zero-order valence-corrected chi connectivity index (χ0v) is 9.11. The van der Waals surface area contributed by atoms with Gasteiger partial charge < -0.3 is 10.6 Å². The van der Waals surface area contributed by atoms with Gasteiger partial charge in [0, 0.05) is 24.4 Å². The van der Waals surface area contributed by atoms with Crippen molar-refractivity contribution in [1.29, 1.82) is 0 Å². The van der Waals surface area contributed by atoms with Crippen LogP contribution in [0.4, 0.5) is 11.4 Å². The minimum absolute atomic E-state index is 0.0434. The molecule has 0 saturated heterocycles. The third kappa shape index (κ3) is 2.94. The monoisotopic (exact) mass is 223 g/mol. The zero-order chi connectivity index (χ0) is 12.1. The molecule has 1 amide bonds. The fourth-order valence-electron chi connectivity index (χ4n) is 1.19. The van der Waals surface area contributed by atoms with Gasteiger partial charge in [-0.2, -0.15) is 0 Å². The van der Waals surface area contributed by atoms with Gasteiger partial charge in [-0.3, -0.25) is 14.9 Å². The van der Waals surface area contributed by atoms with E-state index in [1.54, 1.807) is 19.1 Å². The number of carbonyl (C=O) groups excluding carboxylic acids is 1. The third-order valence-electron chi connectivity index (χ3n) is 2.14. The Kier molecular flexibility index (Phi) is 3.82. The standard InChI is InChI=1S/C10H13N3O3/c1-7-3-4-8(5-9(7)13(15)16)12-6-10(14)11-2/h3-5,12H,6H2,1-2H3,(H,11,14). The molecule has 1 aromatic carbocycles. The SMILES string of the molecule is CNC(=O)CNc1ccc(C)c([N+](=O)[O-])c1. The number of benzene rings is 1. The topological polar surface area (TPSA) is 84.3 Å². The van der Waals surface area contributed by atoms with Crippen molar-refractivity contribution < 1.29 is 9.72 Å². The second kappa shape index (κ2) is 5.11. The highest BCUT2D eigenvalue weighted by Crippen LogP contribution is 2.21. The van der Waals surface area contributed by atoms with Crippen LogP contribution < -0.4 is 10.6 Å². The number of carbonyl (C=O) groups is 1. The lowest BCUT2D eigenvalue weighted by atomic mass is 10.2. The van der Waals surface area contributed by atoms with E-state index in [1.807, 2.05) is 0 Å². The summed E-state index contributed by atoms with van der Waals surface area (Å²) in [6, 6.07) is 4.76. The van der Waals surface area contributed by atoms with Crippen molar-refractivity contribution in [3.63, 3.8) is 0 Å². The van der Waals surface area contributed by atoms with Gasteiger partial charge in [-0.25, -0.2) is 0 Å². The maximum atomic E-state index is 11.0. The Bertz CT molecular complexity index is 418. The minimum atomic E-state index is -0.444. The number of amides is 1. The van der Waals surface area contributed by atoms with Crippen LogP contribution in [0.1, 0.15) is 5.56 Å². The summed E-state index contributed by atoms with van der Waals surface area (Å²) in [6.07, 6.45) is 0. The molecule has 0 aliphatic carbocycles. The molecule has 1 aromatic rings. The Morgan fingerprint density at radius 3 is 2.75 bits per heavy atom. The maximum Gasteiger partial charge on any atom is 0.274 e. The highest BCUT2D eigenvalue weighted by atomic mass is 16.6. The smallest absolute Gasteiger partial charge is 0.274 e. The fourth-order valence-corrected chi connectivity index (χ4v) is 1.19. The van der Waals surface area contributed by atoms with E-state index in [2.05, 4.69) is 10.6 Å². The van der Waals surface area contributed by atoms with Gasteiger partial charge in [0.2, 0.25) is 5.91 Å².